The molecule has 0 bridgehead atoms. The van der Waals surface area contributed by atoms with Crippen molar-refractivity contribution in [2.75, 3.05) is 19.5 Å². The minimum atomic E-state index is -0.949. The number of allylic oxidation sites excluding steroid dienone is 2. The minimum Gasteiger partial charge on any atom is -0.349 e. The fraction of sp³-hybridized carbons (Fsp3) is 0.348. The first-order valence-corrected chi connectivity index (χ1v) is 10.4. The summed E-state index contributed by atoms with van der Waals surface area (Å²) in [5.74, 6) is -0.859. The lowest BCUT2D eigenvalue weighted by atomic mass is 9.80. The SMILES string of the molecule is CCn1c(=O)c(C2=C(C)C=CC(OC)(OC)C2C)cc2nnc(Nc3ccncc3)nc21. The van der Waals surface area contributed by atoms with E-state index in [2.05, 4.69) is 25.5 Å². The second-order valence-corrected chi connectivity index (χ2v) is 7.59. The van der Waals surface area contributed by atoms with Crippen LogP contribution in [0.15, 0.2) is 53.1 Å². The molecule has 32 heavy (non-hydrogen) atoms. The molecule has 0 saturated carbocycles. The highest BCUT2D eigenvalue weighted by Gasteiger charge is 2.40. The van der Waals surface area contributed by atoms with Crippen molar-refractivity contribution in [1.82, 2.24) is 24.7 Å². The second kappa shape index (κ2) is 8.60. The first-order valence-electron chi connectivity index (χ1n) is 10.4. The van der Waals surface area contributed by atoms with Crippen LogP contribution in [0.4, 0.5) is 11.6 Å². The Kier molecular flexibility index (Phi) is 5.86. The highest BCUT2D eigenvalue weighted by Crippen LogP contribution is 2.40. The van der Waals surface area contributed by atoms with E-state index in [4.69, 9.17) is 9.47 Å². The number of rotatable bonds is 6. The summed E-state index contributed by atoms with van der Waals surface area (Å²) in [5, 5.41) is 11.7. The van der Waals surface area contributed by atoms with Crippen molar-refractivity contribution in [2.24, 2.45) is 5.92 Å². The molecule has 3 aromatic heterocycles. The summed E-state index contributed by atoms with van der Waals surface area (Å²) >= 11 is 0. The molecule has 0 amide bonds. The van der Waals surface area contributed by atoms with Gasteiger partial charge in [-0.25, -0.2) is 0 Å². The highest BCUT2D eigenvalue weighted by atomic mass is 16.7. The molecule has 9 nitrogen and oxygen atoms in total. The Labute approximate surface area is 185 Å². The number of nitrogens with one attached hydrogen (secondary N) is 1. The van der Waals surface area contributed by atoms with E-state index < -0.39 is 5.79 Å². The molecule has 9 heteroatoms. The van der Waals surface area contributed by atoms with Gasteiger partial charge in [0.05, 0.1) is 0 Å². The summed E-state index contributed by atoms with van der Waals surface area (Å²) in [4.78, 5) is 22.1. The zero-order chi connectivity index (χ0) is 22.9. The van der Waals surface area contributed by atoms with E-state index in [0.717, 1.165) is 16.8 Å². The van der Waals surface area contributed by atoms with E-state index in [-0.39, 0.29) is 11.5 Å². The molecule has 0 radical (unpaired) electrons. The van der Waals surface area contributed by atoms with Gasteiger partial charge in [-0.05, 0) is 49.3 Å². The summed E-state index contributed by atoms with van der Waals surface area (Å²) < 4.78 is 13.0. The average molecular weight is 435 g/mol. The zero-order valence-electron chi connectivity index (χ0n) is 18.8. The fourth-order valence-electron chi connectivity index (χ4n) is 4.20. The van der Waals surface area contributed by atoms with Crippen LogP contribution in [-0.2, 0) is 16.0 Å². The lowest BCUT2D eigenvalue weighted by Crippen LogP contribution is -2.42. The van der Waals surface area contributed by atoms with Gasteiger partial charge in [0, 0.05) is 50.3 Å². The van der Waals surface area contributed by atoms with Crippen LogP contribution < -0.4 is 10.9 Å². The molecule has 1 atom stereocenters. The van der Waals surface area contributed by atoms with E-state index in [1.807, 2.05) is 32.9 Å². The molecular formula is C23H26N6O3. The van der Waals surface area contributed by atoms with Crippen LogP contribution in [0.2, 0.25) is 0 Å². The number of pyridine rings is 2. The first kappa shape index (κ1) is 21.8. The van der Waals surface area contributed by atoms with Crippen molar-refractivity contribution in [3.8, 4) is 0 Å². The van der Waals surface area contributed by atoms with Crippen molar-refractivity contribution in [3.63, 3.8) is 0 Å². The van der Waals surface area contributed by atoms with Gasteiger partial charge in [0.25, 0.3) is 5.56 Å². The maximum Gasteiger partial charge on any atom is 0.259 e. The van der Waals surface area contributed by atoms with E-state index in [9.17, 15) is 4.79 Å². The quantitative estimate of drug-likeness (QED) is 0.589. The molecule has 3 aromatic rings. The van der Waals surface area contributed by atoms with Crippen molar-refractivity contribution >= 4 is 28.4 Å². The topological polar surface area (TPSA) is 104 Å². The number of hydrogen-bond acceptors (Lipinski definition) is 8. The summed E-state index contributed by atoms with van der Waals surface area (Å²) in [6, 6.07) is 5.36. The predicted molar refractivity (Wildman–Crippen MR) is 122 cm³/mol. The van der Waals surface area contributed by atoms with Crippen LogP contribution in [0.1, 0.15) is 26.3 Å². The standard InChI is InChI=1S/C23H26N6O3/c1-6-29-20-18(27-28-22(26-20)25-16-8-11-24-12-9-16)13-17(21(29)30)19-14(2)7-10-23(31-4,32-5)15(19)3/h7-13,15H,6H2,1-5H3,(H,24,25,26,28). The first-order chi connectivity index (χ1) is 15.4. The third kappa shape index (κ3) is 3.59. The van der Waals surface area contributed by atoms with Gasteiger partial charge in [-0.2, -0.15) is 4.98 Å². The number of aromatic nitrogens is 5. The molecule has 3 heterocycles. The molecule has 1 unspecified atom stereocenters. The summed E-state index contributed by atoms with van der Waals surface area (Å²) in [6.45, 7) is 6.31. The number of anilines is 2. The smallest absolute Gasteiger partial charge is 0.259 e. The normalized spacial score (nSPS) is 17.7. The van der Waals surface area contributed by atoms with Gasteiger partial charge in [-0.3, -0.25) is 14.3 Å². The fourth-order valence-corrected chi connectivity index (χ4v) is 4.20. The summed E-state index contributed by atoms with van der Waals surface area (Å²) in [7, 11) is 3.19. The van der Waals surface area contributed by atoms with Gasteiger partial charge in [0.15, 0.2) is 11.4 Å². The van der Waals surface area contributed by atoms with Gasteiger partial charge in [0.2, 0.25) is 5.95 Å². The summed E-state index contributed by atoms with van der Waals surface area (Å²) in [5.41, 5.74) is 4.00. The molecule has 1 N–H and O–H groups in total. The Morgan fingerprint density at radius 1 is 1.19 bits per heavy atom. The molecule has 0 spiro atoms. The van der Waals surface area contributed by atoms with Gasteiger partial charge < -0.3 is 14.8 Å². The minimum absolute atomic E-state index is 0.145. The van der Waals surface area contributed by atoms with E-state index in [1.165, 1.54) is 0 Å². The largest absolute Gasteiger partial charge is 0.349 e. The predicted octanol–water partition coefficient (Wildman–Crippen LogP) is 3.31. The van der Waals surface area contributed by atoms with Crippen LogP contribution in [0.5, 0.6) is 0 Å². The van der Waals surface area contributed by atoms with Crippen LogP contribution in [-0.4, -0.2) is 44.7 Å². The van der Waals surface area contributed by atoms with Crippen LogP contribution in [0, 0.1) is 5.92 Å². The maximum absolute atomic E-state index is 13.6. The average Bonchev–Trinajstić information content (AvgIpc) is 2.81. The number of fused-ring (bicyclic) bond motifs is 1. The van der Waals surface area contributed by atoms with Crippen molar-refractivity contribution < 1.29 is 9.47 Å². The number of aryl methyl sites for hydroxylation is 1. The molecule has 1 aliphatic carbocycles. The molecular weight excluding hydrogens is 408 g/mol. The van der Waals surface area contributed by atoms with Gasteiger partial charge in [0.1, 0.15) is 5.52 Å². The van der Waals surface area contributed by atoms with Crippen LogP contribution in [0.3, 0.4) is 0 Å². The van der Waals surface area contributed by atoms with Crippen molar-refractivity contribution in [3.05, 3.63) is 64.2 Å². The number of nitrogens with zero attached hydrogens (tertiary/aromatic N) is 5. The number of methoxy groups -OCH3 is 2. The van der Waals surface area contributed by atoms with E-state index in [0.29, 0.717) is 29.2 Å². The van der Waals surface area contributed by atoms with Gasteiger partial charge >= 0.3 is 0 Å². The van der Waals surface area contributed by atoms with Crippen molar-refractivity contribution in [1.29, 1.82) is 0 Å². The third-order valence-corrected chi connectivity index (χ3v) is 5.91. The molecule has 4 rings (SSSR count). The Morgan fingerprint density at radius 2 is 1.91 bits per heavy atom. The monoisotopic (exact) mass is 434 g/mol. The Balaban J connectivity index is 1.85. The van der Waals surface area contributed by atoms with Crippen LogP contribution in [0.25, 0.3) is 16.7 Å². The summed E-state index contributed by atoms with van der Waals surface area (Å²) in [6.07, 6.45) is 7.14. The maximum atomic E-state index is 13.6. The van der Waals surface area contributed by atoms with E-state index >= 15 is 0 Å². The second-order valence-electron chi connectivity index (χ2n) is 7.59. The lowest BCUT2D eigenvalue weighted by Gasteiger charge is -2.38. The molecule has 1 aliphatic rings. The lowest BCUT2D eigenvalue weighted by molar-refractivity contribution is -0.189. The molecule has 166 valence electrons. The zero-order valence-corrected chi connectivity index (χ0v) is 18.8. The molecule has 0 aliphatic heterocycles. The Morgan fingerprint density at radius 3 is 2.56 bits per heavy atom. The molecule has 0 aromatic carbocycles. The van der Waals surface area contributed by atoms with E-state index in [1.54, 1.807) is 49.4 Å². The number of hydrogen-bond donors (Lipinski definition) is 1. The Bertz CT molecular complexity index is 1260. The molecule has 0 saturated heterocycles. The number of ether oxygens (including phenoxy) is 2. The van der Waals surface area contributed by atoms with Gasteiger partial charge in [-0.15, -0.1) is 10.2 Å². The van der Waals surface area contributed by atoms with Crippen LogP contribution >= 0.6 is 0 Å². The van der Waals surface area contributed by atoms with Gasteiger partial charge in [-0.1, -0.05) is 13.0 Å². The van der Waals surface area contributed by atoms with Crippen molar-refractivity contribution in [2.45, 2.75) is 33.1 Å². The highest BCUT2D eigenvalue weighted by molar-refractivity contribution is 5.81. The Hall–Kier alpha value is -3.43. The molecule has 0 fully saturated rings. The third-order valence-electron chi connectivity index (χ3n) is 5.91.